The minimum absolute atomic E-state index is 0.239. The maximum absolute atomic E-state index is 9.04. The Kier molecular flexibility index (Phi) is 7.96. The van der Waals surface area contributed by atoms with E-state index in [1.807, 2.05) is 29.8 Å². The van der Waals surface area contributed by atoms with Crippen molar-refractivity contribution in [1.29, 1.82) is 5.26 Å². The van der Waals surface area contributed by atoms with Crippen LogP contribution in [-0.4, -0.2) is 61.9 Å². The minimum atomic E-state index is 0.239. The summed E-state index contributed by atoms with van der Waals surface area (Å²) in [6.45, 7) is 1.70. The van der Waals surface area contributed by atoms with E-state index in [1.54, 1.807) is 23.7 Å². The third kappa shape index (κ3) is 5.78. The highest BCUT2D eigenvalue weighted by Crippen LogP contribution is 2.29. The molecule has 2 aromatic heterocycles. The van der Waals surface area contributed by atoms with Crippen LogP contribution in [0.4, 0.5) is 0 Å². The summed E-state index contributed by atoms with van der Waals surface area (Å²) in [6, 6.07) is 8.36. The molecule has 1 fully saturated rings. The van der Waals surface area contributed by atoms with Gasteiger partial charge < -0.3 is 15.2 Å². The number of nitriles is 1. The zero-order valence-corrected chi connectivity index (χ0v) is 21.6. The Morgan fingerprint density at radius 1 is 1.37 bits per heavy atom. The smallest absolute Gasteiger partial charge is 0.187 e. The Bertz CT molecular complexity index is 1290. The van der Waals surface area contributed by atoms with E-state index in [0.717, 1.165) is 46.4 Å². The summed E-state index contributed by atoms with van der Waals surface area (Å²) in [5, 5.41) is 17.2. The molecule has 1 atom stereocenters. The minimum Gasteiger partial charge on any atom is -0.375 e. The van der Waals surface area contributed by atoms with Crippen LogP contribution >= 0.6 is 23.8 Å². The molecule has 2 N–H and O–H groups in total. The van der Waals surface area contributed by atoms with Crippen LogP contribution in [0, 0.1) is 11.3 Å². The Morgan fingerprint density at radius 2 is 2.20 bits per heavy atom. The van der Waals surface area contributed by atoms with Gasteiger partial charge in [-0.2, -0.15) is 10.4 Å². The van der Waals surface area contributed by atoms with Crippen molar-refractivity contribution >= 4 is 46.0 Å². The number of benzene rings is 1. The number of halogens is 1. The topological polar surface area (TPSA) is 99.4 Å². The quantitative estimate of drug-likeness (QED) is 0.291. The number of nitrogens with two attached hydrogens (primary N) is 1. The average molecular weight is 509 g/mol. The number of fused-ring (bicyclic) bond motifs is 1. The van der Waals surface area contributed by atoms with E-state index >= 15 is 0 Å². The van der Waals surface area contributed by atoms with E-state index < -0.39 is 0 Å². The molecule has 35 heavy (non-hydrogen) atoms. The first-order valence-electron chi connectivity index (χ1n) is 11.7. The first kappa shape index (κ1) is 25.0. The summed E-state index contributed by atoms with van der Waals surface area (Å²) in [4.78, 5) is 11.4. The zero-order chi connectivity index (χ0) is 24.9. The number of pyridine rings is 1. The predicted molar refractivity (Wildman–Crippen MR) is 144 cm³/mol. The lowest BCUT2D eigenvalue weighted by Gasteiger charge is -2.34. The Balaban J connectivity index is 1.76. The second-order valence-corrected chi connectivity index (χ2v) is 9.73. The summed E-state index contributed by atoms with van der Waals surface area (Å²) in [5.74, 6) is 0. The number of likely N-dealkylation sites (N-methyl/N-ethyl adjacent to an activating group) is 1. The van der Waals surface area contributed by atoms with Crippen LogP contribution in [0.2, 0.25) is 5.02 Å². The molecule has 0 aliphatic carbocycles. The molecule has 8 nitrogen and oxygen atoms in total. The van der Waals surface area contributed by atoms with E-state index in [9.17, 15) is 0 Å². The number of rotatable bonds is 7. The van der Waals surface area contributed by atoms with Gasteiger partial charge in [0.1, 0.15) is 0 Å². The molecule has 3 heterocycles. The Morgan fingerprint density at radius 3 is 2.89 bits per heavy atom. The number of likely N-dealkylation sites (tertiary alicyclic amines) is 1. The predicted octanol–water partition coefficient (Wildman–Crippen LogP) is 4.11. The Hall–Kier alpha value is -3.06. The molecule has 0 spiro atoms. The van der Waals surface area contributed by atoms with Crippen molar-refractivity contribution in [2.24, 2.45) is 17.9 Å². The van der Waals surface area contributed by atoms with Crippen LogP contribution in [-0.2, 0) is 13.5 Å². The fourth-order valence-corrected chi connectivity index (χ4v) is 4.82. The van der Waals surface area contributed by atoms with Crippen LogP contribution in [0.15, 0.2) is 35.8 Å². The molecule has 0 amide bonds. The van der Waals surface area contributed by atoms with Gasteiger partial charge in [-0.1, -0.05) is 18.0 Å². The molecular weight excluding hydrogens is 480 g/mol. The number of hydrogen-bond acceptors (Lipinski definition) is 6. The second kappa shape index (κ2) is 11.1. The molecule has 182 valence electrons. The number of nitrogens with zero attached hydrogens (tertiary/aromatic N) is 7. The lowest BCUT2D eigenvalue weighted by Crippen LogP contribution is -2.46. The van der Waals surface area contributed by atoms with Gasteiger partial charge in [-0.15, -0.1) is 0 Å². The van der Waals surface area contributed by atoms with Gasteiger partial charge in [-0.05, 0) is 68.8 Å². The highest BCUT2D eigenvalue weighted by Gasteiger charge is 2.22. The van der Waals surface area contributed by atoms with Gasteiger partial charge in [0.2, 0.25) is 0 Å². The molecule has 1 aliphatic heterocycles. The van der Waals surface area contributed by atoms with Gasteiger partial charge in [0.25, 0.3) is 0 Å². The van der Waals surface area contributed by atoms with Crippen molar-refractivity contribution in [1.82, 2.24) is 24.4 Å². The molecule has 1 saturated heterocycles. The SMILES string of the molecule is CN1CCCCC1CN(/N=C/c1cc(-c2cncn2C)nc2cc(Cl)c(CCC#N)cc12)C(N)=S. The zero-order valence-electron chi connectivity index (χ0n) is 20.0. The number of thiocarbonyl (C=S) groups is 1. The largest absolute Gasteiger partial charge is 0.375 e. The highest BCUT2D eigenvalue weighted by atomic mass is 35.5. The van der Waals surface area contributed by atoms with Gasteiger partial charge in [0, 0.05) is 35.5 Å². The third-order valence-electron chi connectivity index (χ3n) is 6.49. The maximum Gasteiger partial charge on any atom is 0.187 e. The van der Waals surface area contributed by atoms with Crippen molar-refractivity contribution in [3.8, 4) is 17.5 Å². The van der Waals surface area contributed by atoms with Crippen molar-refractivity contribution < 1.29 is 0 Å². The van der Waals surface area contributed by atoms with Crippen molar-refractivity contribution in [2.45, 2.75) is 38.1 Å². The first-order valence-corrected chi connectivity index (χ1v) is 12.4. The fraction of sp³-hybridized carbons (Fsp3) is 0.400. The number of imidazole rings is 1. The first-order chi connectivity index (χ1) is 16.9. The number of piperidine rings is 1. The average Bonchev–Trinajstić information content (AvgIpc) is 3.26. The summed E-state index contributed by atoms with van der Waals surface area (Å²) in [7, 11) is 4.06. The molecule has 1 unspecified atom stereocenters. The second-order valence-electron chi connectivity index (χ2n) is 8.90. The number of aromatic nitrogens is 3. The molecule has 3 aromatic rings. The maximum atomic E-state index is 9.04. The van der Waals surface area contributed by atoms with E-state index in [1.165, 1.54) is 12.8 Å². The van der Waals surface area contributed by atoms with Crippen molar-refractivity contribution in [3.63, 3.8) is 0 Å². The van der Waals surface area contributed by atoms with Gasteiger partial charge in [-0.3, -0.25) is 0 Å². The van der Waals surface area contributed by atoms with Crippen LogP contribution < -0.4 is 5.73 Å². The van der Waals surface area contributed by atoms with E-state index in [-0.39, 0.29) is 5.11 Å². The van der Waals surface area contributed by atoms with Crippen molar-refractivity contribution in [2.75, 3.05) is 20.1 Å². The van der Waals surface area contributed by atoms with Crippen LogP contribution in [0.3, 0.4) is 0 Å². The van der Waals surface area contributed by atoms with Crippen LogP contribution in [0.25, 0.3) is 22.3 Å². The summed E-state index contributed by atoms with van der Waals surface area (Å²) in [6.07, 6.45) is 9.75. The fourth-order valence-electron chi connectivity index (χ4n) is 4.44. The van der Waals surface area contributed by atoms with Gasteiger partial charge in [-0.25, -0.2) is 15.0 Å². The number of aryl methyl sites for hydroxylation is 2. The van der Waals surface area contributed by atoms with Gasteiger partial charge >= 0.3 is 0 Å². The third-order valence-corrected chi connectivity index (χ3v) is 7.05. The number of hydrazone groups is 1. The highest BCUT2D eigenvalue weighted by molar-refractivity contribution is 7.80. The molecule has 0 saturated carbocycles. The summed E-state index contributed by atoms with van der Waals surface area (Å²) in [5.41, 5.74) is 10.2. The molecule has 0 bridgehead atoms. The van der Waals surface area contributed by atoms with Gasteiger partial charge in [0.05, 0.1) is 48.3 Å². The van der Waals surface area contributed by atoms with Crippen LogP contribution in [0.1, 0.15) is 36.8 Å². The van der Waals surface area contributed by atoms with E-state index in [4.69, 9.17) is 44.9 Å². The molecule has 10 heteroatoms. The lowest BCUT2D eigenvalue weighted by atomic mass is 10.0. The Labute approximate surface area is 216 Å². The van der Waals surface area contributed by atoms with E-state index in [0.29, 0.717) is 30.5 Å². The van der Waals surface area contributed by atoms with Crippen molar-refractivity contribution in [3.05, 3.63) is 46.9 Å². The molecule has 1 aliphatic rings. The van der Waals surface area contributed by atoms with E-state index in [2.05, 4.69) is 23.0 Å². The molecule has 0 radical (unpaired) electrons. The molecule has 4 rings (SSSR count). The standard InChI is InChI=1S/C25H29ClN8S/c1-32-9-4-3-7-19(32)15-34(25(28)35)30-13-18-11-23(24-14-29-16-33(24)2)31-22-12-21(26)17(6-5-8-27)10-20(18)22/h10-14,16,19H,3-7,9,15H2,1-2H3,(H2,28,35)/b30-13+. The molecular formula is C25H29ClN8S. The summed E-state index contributed by atoms with van der Waals surface area (Å²) < 4.78 is 1.91. The van der Waals surface area contributed by atoms with Gasteiger partial charge in [0.15, 0.2) is 5.11 Å². The number of hydrogen-bond donors (Lipinski definition) is 1. The summed E-state index contributed by atoms with van der Waals surface area (Å²) >= 11 is 11.9. The normalized spacial score (nSPS) is 16.6. The van der Waals surface area contributed by atoms with Crippen LogP contribution in [0.5, 0.6) is 0 Å². The monoisotopic (exact) mass is 508 g/mol. The molecule has 1 aromatic carbocycles. The lowest BCUT2D eigenvalue weighted by molar-refractivity contribution is 0.158.